The van der Waals surface area contributed by atoms with E-state index in [9.17, 15) is 19.5 Å². The van der Waals surface area contributed by atoms with Crippen LogP contribution in [0.1, 0.15) is 38.5 Å². The fourth-order valence-corrected chi connectivity index (χ4v) is 5.65. The highest BCUT2D eigenvalue weighted by Crippen LogP contribution is 2.46. The zero-order chi connectivity index (χ0) is 27.6. The number of hydrogen-bond acceptors (Lipinski definition) is 7. The van der Waals surface area contributed by atoms with Gasteiger partial charge in [-0.25, -0.2) is 4.79 Å². The Bertz CT molecular complexity index is 1270. The van der Waals surface area contributed by atoms with Gasteiger partial charge in [-0.1, -0.05) is 42.5 Å². The molecule has 0 radical (unpaired) electrons. The number of allylic oxidation sites excluding steroid dienone is 1. The lowest BCUT2D eigenvalue weighted by atomic mass is 9.93. The van der Waals surface area contributed by atoms with Crippen LogP contribution in [0.2, 0.25) is 0 Å². The van der Waals surface area contributed by atoms with E-state index in [1.807, 2.05) is 42.5 Å². The Hall–Kier alpha value is -3.95. The Morgan fingerprint density at radius 3 is 2.59 bits per heavy atom. The van der Waals surface area contributed by atoms with Crippen molar-refractivity contribution in [2.45, 2.75) is 50.2 Å². The van der Waals surface area contributed by atoms with Crippen molar-refractivity contribution in [1.82, 2.24) is 20.2 Å². The molecule has 1 aromatic heterocycles. The van der Waals surface area contributed by atoms with E-state index in [0.29, 0.717) is 31.1 Å². The summed E-state index contributed by atoms with van der Waals surface area (Å²) in [7, 11) is 3.27. The first kappa shape index (κ1) is 26.6. The molecular weight excluding hydrogens is 500 g/mol. The number of ether oxygens (including phenoxy) is 2. The second-order valence-electron chi connectivity index (χ2n) is 10.6. The normalized spacial score (nSPS) is 29.8. The molecule has 10 heteroatoms. The van der Waals surface area contributed by atoms with Crippen molar-refractivity contribution in [1.29, 1.82) is 0 Å². The summed E-state index contributed by atoms with van der Waals surface area (Å²) in [4.78, 5) is 49.8. The number of amides is 2. The molecular formula is C29H34N4O6. The van der Waals surface area contributed by atoms with E-state index in [0.717, 1.165) is 24.8 Å². The molecule has 5 atom stereocenters. The minimum absolute atomic E-state index is 0.129. The molecule has 2 N–H and O–H groups in total. The summed E-state index contributed by atoms with van der Waals surface area (Å²) in [6.45, 7) is 0.592. The number of carbonyl (C=O) groups is 3. The second kappa shape index (κ2) is 11.0. The molecule has 0 bridgehead atoms. The number of fused-ring (bicyclic) bond motifs is 2. The van der Waals surface area contributed by atoms with Gasteiger partial charge >= 0.3 is 5.97 Å². The molecule has 2 heterocycles. The zero-order valence-electron chi connectivity index (χ0n) is 22.2. The van der Waals surface area contributed by atoms with E-state index in [-0.39, 0.29) is 24.1 Å². The molecule has 2 aliphatic carbocycles. The average molecular weight is 535 g/mol. The first-order valence-corrected chi connectivity index (χ1v) is 13.4. The summed E-state index contributed by atoms with van der Waals surface area (Å²) < 4.78 is 11.6. The lowest BCUT2D eigenvalue weighted by Crippen LogP contribution is -2.49. The van der Waals surface area contributed by atoms with Gasteiger partial charge in [-0.2, -0.15) is 9.97 Å². The largest absolute Gasteiger partial charge is 0.481 e. The molecule has 206 valence electrons. The van der Waals surface area contributed by atoms with Gasteiger partial charge in [-0.05, 0) is 38.5 Å². The van der Waals surface area contributed by atoms with Gasteiger partial charge in [0.1, 0.15) is 11.6 Å². The molecule has 2 aromatic rings. The molecule has 1 aliphatic heterocycles. The monoisotopic (exact) mass is 534 g/mol. The summed E-state index contributed by atoms with van der Waals surface area (Å²) in [5.41, 5.74) is -0.523. The number of nitrogens with one attached hydrogen (secondary N) is 1. The number of rotatable bonds is 5. The number of methoxy groups -OCH3 is 1. The number of aromatic nitrogens is 2. The molecule has 10 nitrogen and oxygen atoms in total. The van der Waals surface area contributed by atoms with Crippen molar-refractivity contribution in [2.75, 3.05) is 20.7 Å². The van der Waals surface area contributed by atoms with E-state index < -0.39 is 35.4 Å². The Balaban J connectivity index is 1.40. The van der Waals surface area contributed by atoms with Crippen LogP contribution in [0.25, 0.3) is 11.4 Å². The maximum absolute atomic E-state index is 13.5. The van der Waals surface area contributed by atoms with Crippen LogP contribution in [0.4, 0.5) is 0 Å². The van der Waals surface area contributed by atoms with Crippen molar-refractivity contribution < 1.29 is 29.0 Å². The Labute approximate surface area is 227 Å². The molecule has 2 fully saturated rings. The lowest BCUT2D eigenvalue weighted by molar-refractivity contribution is -0.145. The molecule has 0 saturated heterocycles. The number of benzene rings is 1. The summed E-state index contributed by atoms with van der Waals surface area (Å²) >= 11 is 0. The SMILES string of the molecule is COc1cc(O[C@@H]2C[C@H]3C(=O)N[C@]4(C(=O)O)C[C@H]4/C=C\CCCCN(C)C(=O)[C@@H]3C2)nc(-c2ccccc2)n1. The van der Waals surface area contributed by atoms with Crippen LogP contribution in [-0.4, -0.2) is 70.1 Å². The van der Waals surface area contributed by atoms with Crippen LogP contribution >= 0.6 is 0 Å². The van der Waals surface area contributed by atoms with Gasteiger partial charge < -0.3 is 24.8 Å². The van der Waals surface area contributed by atoms with E-state index >= 15 is 0 Å². The van der Waals surface area contributed by atoms with Crippen molar-refractivity contribution in [3.05, 3.63) is 48.6 Å². The predicted molar refractivity (Wildman–Crippen MR) is 142 cm³/mol. The molecule has 2 amide bonds. The number of aliphatic carboxylic acids is 1. The maximum Gasteiger partial charge on any atom is 0.330 e. The summed E-state index contributed by atoms with van der Waals surface area (Å²) in [5, 5.41) is 12.7. The van der Waals surface area contributed by atoms with E-state index in [1.165, 1.54) is 7.11 Å². The first-order valence-electron chi connectivity index (χ1n) is 13.4. The number of hydrogen-bond donors (Lipinski definition) is 2. The summed E-state index contributed by atoms with van der Waals surface area (Å²) in [6.07, 6.45) is 6.86. The molecule has 39 heavy (non-hydrogen) atoms. The van der Waals surface area contributed by atoms with Gasteiger partial charge in [0.15, 0.2) is 5.82 Å². The van der Waals surface area contributed by atoms with E-state index in [4.69, 9.17) is 9.47 Å². The number of carboxylic acids is 1. The Kier molecular flexibility index (Phi) is 7.54. The van der Waals surface area contributed by atoms with E-state index in [1.54, 1.807) is 18.0 Å². The highest BCUT2D eigenvalue weighted by molar-refractivity contribution is 5.94. The minimum Gasteiger partial charge on any atom is -0.481 e. The van der Waals surface area contributed by atoms with Crippen molar-refractivity contribution in [3.8, 4) is 23.1 Å². The third kappa shape index (κ3) is 5.60. The average Bonchev–Trinajstić information content (AvgIpc) is 3.48. The quantitative estimate of drug-likeness (QED) is 0.560. The van der Waals surface area contributed by atoms with Crippen LogP contribution < -0.4 is 14.8 Å². The smallest absolute Gasteiger partial charge is 0.330 e. The number of carboxylic acid groups (broad SMARTS) is 1. The van der Waals surface area contributed by atoms with Crippen LogP contribution in [0.15, 0.2) is 48.6 Å². The van der Waals surface area contributed by atoms with Crippen molar-refractivity contribution >= 4 is 17.8 Å². The van der Waals surface area contributed by atoms with Crippen molar-refractivity contribution in [2.24, 2.45) is 17.8 Å². The topological polar surface area (TPSA) is 131 Å². The zero-order valence-corrected chi connectivity index (χ0v) is 22.2. The number of nitrogens with zero attached hydrogens (tertiary/aromatic N) is 3. The predicted octanol–water partition coefficient (Wildman–Crippen LogP) is 3.08. The second-order valence-corrected chi connectivity index (χ2v) is 10.6. The molecule has 0 spiro atoms. The Morgan fingerprint density at radius 1 is 1.10 bits per heavy atom. The molecule has 5 rings (SSSR count). The van der Waals surface area contributed by atoms with Crippen molar-refractivity contribution in [3.63, 3.8) is 0 Å². The molecule has 2 saturated carbocycles. The standard InChI is InChI=1S/C29H34N4O6/c1-33-13-9-4-3-8-12-19-17-29(19,28(36)37)32-26(34)21-14-20(15-22(21)27(33)35)39-24-16-23(38-2)30-25(31-24)18-10-6-5-7-11-18/h5-8,10-12,16,19-22H,3-4,9,13-15,17H2,1-2H3,(H,32,34)(H,36,37)/b12-8-/t19-,20-,21-,22-,29-/m1/s1. The van der Waals surface area contributed by atoms with Gasteiger partial charge in [0.2, 0.25) is 23.6 Å². The molecule has 3 aliphatic rings. The van der Waals surface area contributed by atoms with Gasteiger partial charge in [0.25, 0.3) is 0 Å². The van der Waals surface area contributed by atoms with E-state index in [2.05, 4.69) is 15.3 Å². The maximum atomic E-state index is 13.5. The van der Waals surface area contributed by atoms with Crippen LogP contribution in [-0.2, 0) is 14.4 Å². The highest BCUT2D eigenvalue weighted by atomic mass is 16.5. The van der Waals surface area contributed by atoms with Crippen LogP contribution in [0.3, 0.4) is 0 Å². The molecule has 0 unspecified atom stereocenters. The Morgan fingerprint density at radius 2 is 1.85 bits per heavy atom. The van der Waals surface area contributed by atoms with Gasteiger partial charge in [0.05, 0.1) is 25.0 Å². The minimum atomic E-state index is -1.32. The fraction of sp³-hybridized carbons (Fsp3) is 0.483. The van der Waals surface area contributed by atoms with Gasteiger partial charge in [0, 0.05) is 25.1 Å². The molecule has 1 aromatic carbocycles. The summed E-state index contributed by atoms with van der Waals surface area (Å²) in [6, 6.07) is 11.0. The van der Waals surface area contributed by atoms with Crippen LogP contribution in [0.5, 0.6) is 11.8 Å². The third-order valence-corrected chi connectivity index (χ3v) is 7.98. The lowest BCUT2D eigenvalue weighted by Gasteiger charge is -2.26. The first-order chi connectivity index (χ1) is 18.8. The third-order valence-electron chi connectivity index (χ3n) is 7.98. The fourth-order valence-electron chi connectivity index (χ4n) is 5.65. The highest BCUT2D eigenvalue weighted by Gasteiger charge is 2.61. The van der Waals surface area contributed by atoms with Gasteiger partial charge in [-0.3, -0.25) is 9.59 Å². The number of carbonyl (C=O) groups excluding carboxylic acids is 2. The summed E-state index contributed by atoms with van der Waals surface area (Å²) in [5.74, 6) is -2.14. The van der Waals surface area contributed by atoms with Gasteiger partial charge in [-0.15, -0.1) is 0 Å². The van der Waals surface area contributed by atoms with Crippen LogP contribution in [0, 0.1) is 17.8 Å².